The number of carboxylic acid groups (broad SMARTS) is 1. The van der Waals surface area contributed by atoms with Gasteiger partial charge in [0, 0.05) is 24.4 Å². The Morgan fingerprint density at radius 1 is 1.33 bits per heavy atom. The Hall–Kier alpha value is -1.58. The minimum Gasteiger partial charge on any atom is -0.480 e. The highest BCUT2D eigenvalue weighted by atomic mass is 32.2. The van der Waals surface area contributed by atoms with Crippen LogP contribution in [0.3, 0.4) is 0 Å². The third-order valence-corrected chi connectivity index (χ3v) is 6.91. The van der Waals surface area contributed by atoms with Gasteiger partial charge in [0.25, 0.3) is 5.91 Å². The van der Waals surface area contributed by atoms with E-state index >= 15 is 0 Å². The third-order valence-electron chi connectivity index (χ3n) is 3.85. The molecule has 0 aromatic heterocycles. The molecule has 1 aliphatic rings. The second kappa shape index (κ2) is 7.54. The number of thioether (sulfide) groups is 1. The summed E-state index contributed by atoms with van der Waals surface area (Å²) in [4.78, 5) is 25.1. The van der Waals surface area contributed by atoms with Crippen LogP contribution in [0.2, 0.25) is 0 Å². The van der Waals surface area contributed by atoms with Gasteiger partial charge in [-0.25, -0.2) is 13.2 Å². The Morgan fingerprint density at radius 3 is 2.58 bits per heavy atom. The molecule has 1 aromatic rings. The Balaban J connectivity index is 2.34. The summed E-state index contributed by atoms with van der Waals surface area (Å²) in [5, 5.41) is 9.19. The Labute approximate surface area is 145 Å². The monoisotopic (exact) mass is 372 g/mol. The van der Waals surface area contributed by atoms with Gasteiger partial charge in [-0.05, 0) is 18.2 Å². The number of benzene rings is 1. The van der Waals surface area contributed by atoms with Crippen LogP contribution < -0.4 is 0 Å². The number of carbonyl (C=O) groups excluding carboxylic acids is 1. The van der Waals surface area contributed by atoms with Crippen molar-refractivity contribution in [3.8, 4) is 0 Å². The van der Waals surface area contributed by atoms with Crippen LogP contribution in [0.4, 0.5) is 0 Å². The summed E-state index contributed by atoms with van der Waals surface area (Å²) >= 11 is 1.36. The van der Waals surface area contributed by atoms with Gasteiger partial charge >= 0.3 is 5.97 Å². The standard InChI is InChI=1S/C15H20N2O5S2/c1-3-16(4-2)24(21,22)12-7-5-6-11(8-12)14(18)17-10-23-9-13(17)15(19)20/h5-8,13H,3-4,9-10H2,1-2H3,(H,19,20)/t13-/m0/s1. The fourth-order valence-electron chi connectivity index (χ4n) is 2.52. The molecule has 0 saturated carbocycles. The van der Waals surface area contributed by atoms with Crippen LogP contribution in [0, 0.1) is 0 Å². The van der Waals surface area contributed by atoms with Gasteiger partial charge in [0.05, 0.1) is 10.8 Å². The van der Waals surface area contributed by atoms with Crippen molar-refractivity contribution < 1.29 is 23.1 Å². The van der Waals surface area contributed by atoms with Crippen LogP contribution in [0.15, 0.2) is 29.2 Å². The van der Waals surface area contributed by atoms with Crippen LogP contribution >= 0.6 is 11.8 Å². The highest BCUT2D eigenvalue weighted by molar-refractivity contribution is 7.99. The maximum Gasteiger partial charge on any atom is 0.327 e. The number of carboxylic acids is 1. The molecule has 0 aliphatic carbocycles. The topological polar surface area (TPSA) is 95.0 Å². The molecule has 1 aliphatic heterocycles. The Morgan fingerprint density at radius 2 is 2.00 bits per heavy atom. The number of nitrogens with zero attached hydrogens (tertiary/aromatic N) is 2. The predicted molar refractivity (Wildman–Crippen MR) is 91.5 cm³/mol. The highest BCUT2D eigenvalue weighted by Crippen LogP contribution is 2.24. The van der Waals surface area contributed by atoms with Gasteiger partial charge in [-0.1, -0.05) is 19.9 Å². The molecule has 0 unspecified atom stereocenters. The normalized spacial score (nSPS) is 18.1. The molecule has 1 heterocycles. The average molecular weight is 372 g/mol. The fraction of sp³-hybridized carbons (Fsp3) is 0.467. The lowest BCUT2D eigenvalue weighted by molar-refractivity contribution is -0.140. The summed E-state index contributed by atoms with van der Waals surface area (Å²) in [7, 11) is -3.67. The van der Waals surface area contributed by atoms with Crippen molar-refractivity contribution in [3.05, 3.63) is 29.8 Å². The van der Waals surface area contributed by atoms with Gasteiger partial charge in [-0.2, -0.15) is 4.31 Å². The van der Waals surface area contributed by atoms with Crippen molar-refractivity contribution in [3.63, 3.8) is 0 Å². The minimum atomic E-state index is -3.67. The molecule has 132 valence electrons. The zero-order valence-electron chi connectivity index (χ0n) is 13.5. The molecule has 2 rings (SSSR count). The number of rotatable bonds is 6. The first-order valence-electron chi connectivity index (χ1n) is 7.54. The molecule has 0 bridgehead atoms. The molecule has 7 nitrogen and oxygen atoms in total. The van der Waals surface area contributed by atoms with E-state index in [1.54, 1.807) is 13.8 Å². The fourth-order valence-corrected chi connectivity index (χ4v) is 5.16. The quantitative estimate of drug-likeness (QED) is 0.809. The number of hydrogen-bond acceptors (Lipinski definition) is 5. The van der Waals surface area contributed by atoms with Gasteiger partial charge in [-0.15, -0.1) is 11.8 Å². The van der Waals surface area contributed by atoms with E-state index in [4.69, 9.17) is 0 Å². The molecule has 24 heavy (non-hydrogen) atoms. The first-order chi connectivity index (χ1) is 11.3. The van der Waals surface area contributed by atoms with E-state index < -0.39 is 27.9 Å². The lowest BCUT2D eigenvalue weighted by Crippen LogP contribution is -2.41. The van der Waals surface area contributed by atoms with Crippen LogP contribution in [-0.2, 0) is 14.8 Å². The molecule has 9 heteroatoms. The second-order valence-electron chi connectivity index (χ2n) is 5.25. The molecular formula is C15H20N2O5S2. The highest BCUT2D eigenvalue weighted by Gasteiger charge is 2.35. The SMILES string of the molecule is CCN(CC)S(=O)(=O)c1cccc(C(=O)N2CSC[C@H]2C(=O)O)c1. The zero-order chi connectivity index (χ0) is 17.9. The van der Waals surface area contributed by atoms with Crippen molar-refractivity contribution >= 4 is 33.7 Å². The number of aliphatic carboxylic acids is 1. The van der Waals surface area contributed by atoms with E-state index in [-0.39, 0.29) is 16.3 Å². The summed E-state index contributed by atoms with van der Waals surface area (Å²) in [6.07, 6.45) is 0. The molecular weight excluding hydrogens is 352 g/mol. The van der Waals surface area contributed by atoms with E-state index in [9.17, 15) is 23.1 Å². The van der Waals surface area contributed by atoms with E-state index in [0.717, 1.165) is 0 Å². The van der Waals surface area contributed by atoms with Gasteiger partial charge in [-0.3, -0.25) is 4.79 Å². The van der Waals surface area contributed by atoms with Crippen LogP contribution in [-0.4, -0.2) is 65.4 Å². The van der Waals surface area contributed by atoms with Crippen LogP contribution in [0.5, 0.6) is 0 Å². The van der Waals surface area contributed by atoms with Crippen molar-refractivity contribution in [1.82, 2.24) is 9.21 Å². The maximum absolute atomic E-state index is 12.6. The van der Waals surface area contributed by atoms with Crippen LogP contribution in [0.1, 0.15) is 24.2 Å². The van der Waals surface area contributed by atoms with E-state index in [1.165, 1.54) is 45.2 Å². The summed E-state index contributed by atoms with van der Waals surface area (Å²) in [5.74, 6) is -0.911. The Bertz CT molecular complexity index is 731. The van der Waals surface area contributed by atoms with Gasteiger partial charge < -0.3 is 10.0 Å². The molecule has 0 spiro atoms. The average Bonchev–Trinajstić information content (AvgIpc) is 3.05. The van der Waals surface area contributed by atoms with Crippen molar-refractivity contribution in [2.45, 2.75) is 24.8 Å². The number of hydrogen-bond donors (Lipinski definition) is 1. The molecule has 1 atom stereocenters. The molecule has 1 amide bonds. The molecule has 1 fully saturated rings. The lowest BCUT2D eigenvalue weighted by atomic mass is 10.2. The van der Waals surface area contributed by atoms with Gasteiger partial charge in [0.15, 0.2) is 0 Å². The minimum absolute atomic E-state index is 0.0378. The summed E-state index contributed by atoms with van der Waals surface area (Å²) < 4.78 is 26.4. The summed E-state index contributed by atoms with van der Waals surface area (Å²) in [6.45, 7) is 4.16. The summed E-state index contributed by atoms with van der Waals surface area (Å²) in [6, 6.07) is 4.88. The van der Waals surface area contributed by atoms with Gasteiger partial charge in [0.1, 0.15) is 6.04 Å². The van der Waals surface area contributed by atoms with E-state index in [2.05, 4.69) is 0 Å². The zero-order valence-corrected chi connectivity index (χ0v) is 15.1. The lowest BCUT2D eigenvalue weighted by Gasteiger charge is -2.22. The number of carbonyl (C=O) groups is 2. The largest absolute Gasteiger partial charge is 0.480 e. The molecule has 1 saturated heterocycles. The van der Waals surface area contributed by atoms with Crippen LogP contribution in [0.25, 0.3) is 0 Å². The number of amides is 1. The molecule has 1 aromatic carbocycles. The predicted octanol–water partition coefficient (Wildman–Crippen LogP) is 1.32. The van der Waals surface area contributed by atoms with Crippen molar-refractivity contribution in [1.29, 1.82) is 0 Å². The van der Waals surface area contributed by atoms with E-state index in [0.29, 0.717) is 18.8 Å². The second-order valence-corrected chi connectivity index (χ2v) is 8.18. The smallest absolute Gasteiger partial charge is 0.327 e. The number of sulfonamides is 1. The third kappa shape index (κ3) is 3.57. The first-order valence-corrected chi connectivity index (χ1v) is 10.1. The van der Waals surface area contributed by atoms with Gasteiger partial charge in [0.2, 0.25) is 10.0 Å². The molecule has 1 N–H and O–H groups in total. The molecule has 0 radical (unpaired) electrons. The maximum atomic E-state index is 12.6. The Kier molecular flexibility index (Phi) is 5.89. The van der Waals surface area contributed by atoms with E-state index in [1.807, 2.05) is 0 Å². The summed E-state index contributed by atoms with van der Waals surface area (Å²) in [5.41, 5.74) is 0.178. The van der Waals surface area contributed by atoms with Crippen molar-refractivity contribution in [2.75, 3.05) is 24.7 Å². The first kappa shape index (κ1) is 18.8. The van der Waals surface area contributed by atoms with Crippen molar-refractivity contribution in [2.24, 2.45) is 0 Å².